The van der Waals surface area contributed by atoms with E-state index < -0.39 is 12.3 Å². The van der Waals surface area contributed by atoms with Crippen LogP contribution in [-0.2, 0) is 16.1 Å². The van der Waals surface area contributed by atoms with Crippen LogP contribution in [0.15, 0.2) is 102 Å². The molecule has 1 aromatic heterocycles. The zero-order valence-electron chi connectivity index (χ0n) is 22.3. The van der Waals surface area contributed by atoms with Gasteiger partial charge in [0.1, 0.15) is 0 Å². The van der Waals surface area contributed by atoms with Crippen LogP contribution in [0.5, 0.6) is 0 Å². The number of benzene rings is 3. The van der Waals surface area contributed by atoms with E-state index in [0.29, 0.717) is 17.0 Å². The number of amides is 1. The molecule has 1 saturated heterocycles. The number of hydrogen-bond acceptors (Lipinski definition) is 7. The molecular weight excluding hydrogens is 540 g/mol. The number of carboxylic acids is 1. The van der Waals surface area contributed by atoms with Crippen molar-refractivity contribution < 1.29 is 29.3 Å². The van der Waals surface area contributed by atoms with Gasteiger partial charge in [0, 0.05) is 40.2 Å². The van der Waals surface area contributed by atoms with Crippen molar-refractivity contribution in [1.82, 2.24) is 4.98 Å². The van der Waals surface area contributed by atoms with Gasteiger partial charge in [0.2, 0.25) is 0 Å². The van der Waals surface area contributed by atoms with Crippen molar-refractivity contribution in [3.8, 4) is 0 Å². The Morgan fingerprint density at radius 3 is 2.39 bits per heavy atom. The molecule has 0 saturated carbocycles. The van der Waals surface area contributed by atoms with Crippen molar-refractivity contribution in [2.24, 2.45) is 5.92 Å². The number of carbonyl (C=O) groups is 2. The number of aromatic nitrogens is 1. The van der Waals surface area contributed by atoms with Crippen molar-refractivity contribution in [3.63, 3.8) is 0 Å². The number of carboxylic acid groups (broad SMARTS) is 1. The lowest BCUT2D eigenvalue weighted by molar-refractivity contribution is -0.268. The number of ether oxygens (including phenoxy) is 2. The van der Waals surface area contributed by atoms with Gasteiger partial charge in [0.25, 0.3) is 5.91 Å². The van der Waals surface area contributed by atoms with E-state index in [1.807, 2.05) is 48.5 Å². The van der Waals surface area contributed by atoms with Crippen LogP contribution in [0.25, 0.3) is 0 Å². The Hall–Kier alpha value is -4.02. The van der Waals surface area contributed by atoms with Gasteiger partial charge >= 0.3 is 5.97 Å². The van der Waals surface area contributed by atoms with E-state index in [9.17, 15) is 19.8 Å². The number of aliphatic hydroxyl groups is 1. The van der Waals surface area contributed by atoms with Gasteiger partial charge in [-0.2, -0.15) is 0 Å². The van der Waals surface area contributed by atoms with Crippen LogP contribution in [0.1, 0.15) is 56.7 Å². The van der Waals surface area contributed by atoms with Crippen LogP contribution < -0.4 is 5.32 Å². The summed E-state index contributed by atoms with van der Waals surface area (Å²) >= 11 is 1.59. The molecule has 0 unspecified atom stereocenters. The van der Waals surface area contributed by atoms with Crippen LogP contribution in [0.3, 0.4) is 0 Å². The van der Waals surface area contributed by atoms with E-state index in [4.69, 9.17) is 9.47 Å². The van der Waals surface area contributed by atoms with Gasteiger partial charge in [0.05, 0.1) is 29.9 Å². The SMILES string of the molecule is C[C@H]1[C@@H](CSc2ccc(C(=O)O)cc2)O[C@@H](c2cccc(NC(=O)c3cccnc3)c2)O[C@H]1c1ccc(CO)cc1. The minimum atomic E-state index is -0.959. The molecule has 4 atom stereocenters. The summed E-state index contributed by atoms with van der Waals surface area (Å²) in [5, 5.41) is 21.6. The van der Waals surface area contributed by atoms with E-state index in [1.165, 1.54) is 6.20 Å². The van der Waals surface area contributed by atoms with Crippen molar-refractivity contribution >= 4 is 29.3 Å². The van der Waals surface area contributed by atoms with Gasteiger partial charge in [-0.3, -0.25) is 9.78 Å². The number of carbonyl (C=O) groups excluding carboxylic acids is 1. The molecule has 0 radical (unpaired) electrons. The fourth-order valence-corrected chi connectivity index (χ4v) is 5.71. The molecule has 41 heavy (non-hydrogen) atoms. The van der Waals surface area contributed by atoms with Crippen LogP contribution in [0.2, 0.25) is 0 Å². The Balaban J connectivity index is 1.37. The molecule has 3 N–H and O–H groups in total. The zero-order chi connectivity index (χ0) is 28.8. The first kappa shape index (κ1) is 28.5. The normalized spacial score (nSPS) is 20.3. The molecule has 0 bridgehead atoms. The first-order valence-corrected chi connectivity index (χ1v) is 14.2. The second-order valence-corrected chi connectivity index (χ2v) is 10.9. The number of rotatable bonds is 9. The third kappa shape index (κ3) is 7.01. The van der Waals surface area contributed by atoms with Gasteiger partial charge < -0.3 is 25.0 Å². The predicted molar refractivity (Wildman–Crippen MR) is 156 cm³/mol. The number of nitrogens with one attached hydrogen (secondary N) is 1. The maximum Gasteiger partial charge on any atom is 0.335 e. The number of pyridine rings is 1. The van der Waals surface area contributed by atoms with Crippen LogP contribution in [-0.4, -0.2) is 38.9 Å². The van der Waals surface area contributed by atoms with Gasteiger partial charge in [-0.25, -0.2) is 4.79 Å². The highest BCUT2D eigenvalue weighted by Crippen LogP contribution is 2.43. The first-order chi connectivity index (χ1) is 19.9. The topological polar surface area (TPSA) is 118 Å². The summed E-state index contributed by atoms with van der Waals surface area (Å²) in [6.45, 7) is 2.05. The molecule has 3 aromatic carbocycles. The Morgan fingerprint density at radius 2 is 1.71 bits per heavy atom. The molecule has 0 spiro atoms. The number of aliphatic hydroxyl groups excluding tert-OH is 1. The van der Waals surface area contributed by atoms with Crippen LogP contribution in [0.4, 0.5) is 5.69 Å². The van der Waals surface area contributed by atoms with E-state index in [2.05, 4.69) is 17.2 Å². The fraction of sp³-hybridized carbons (Fsp3) is 0.219. The average molecular weight is 571 g/mol. The second kappa shape index (κ2) is 13.1. The monoisotopic (exact) mass is 570 g/mol. The summed E-state index contributed by atoms with van der Waals surface area (Å²) in [6.07, 6.45) is 1.95. The molecule has 4 aromatic rings. The number of aromatic carboxylic acids is 1. The molecular formula is C32H30N2O6S. The quantitative estimate of drug-likeness (QED) is 0.206. The minimum Gasteiger partial charge on any atom is -0.478 e. The smallest absolute Gasteiger partial charge is 0.335 e. The lowest BCUT2D eigenvalue weighted by Gasteiger charge is -2.41. The molecule has 5 rings (SSSR count). The Bertz CT molecular complexity index is 1480. The number of thioether (sulfide) groups is 1. The molecule has 1 amide bonds. The highest BCUT2D eigenvalue weighted by atomic mass is 32.2. The Kier molecular flexibility index (Phi) is 9.11. The molecule has 1 aliphatic rings. The maximum absolute atomic E-state index is 12.7. The van der Waals surface area contributed by atoms with E-state index in [-0.39, 0.29) is 36.2 Å². The molecule has 8 nitrogen and oxygen atoms in total. The first-order valence-electron chi connectivity index (χ1n) is 13.2. The lowest BCUT2D eigenvalue weighted by atomic mass is 9.91. The van der Waals surface area contributed by atoms with Crippen LogP contribution in [0, 0.1) is 5.92 Å². The Labute approximate surface area is 242 Å². The lowest BCUT2D eigenvalue weighted by Crippen LogP contribution is -2.38. The van der Waals surface area contributed by atoms with Gasteiger partial charge in [-0.1, -0.05) is 43.3 Å². The van der Waals surface area contributed by atoms with Crippen LogP contribution >= 0.6 is 11.8 Å². The van der Waals surface area contributed by atoms with E-state index >= 15 is 0 Å². The number of anilines is 1. The van der Waals surface area contributed by atoms with Gasteiger partial charge in [-0.15, -0.1) is 11.8 Å². The van der Waals surface area contributed by atoms with E-state index in [1.54, 1.807) is 54.4 Å². The van der Waals surface area contributed by atoms with Gasteiger partial charge in [0.15, 0.2) is 6.29 Å². The van der Waals surface area contributed by atoms with Crippen molar-refractivity contribution in [1.29, 1.82) is 0 Å². The molecule has 1 aliphatic heterocycles. The molecule has 0 aliphatic carbocycles. The maximum atomic E-state index is 12.7. The summed E-state index contributed by atoms with van der Waals surface area (Å²) in [5.74, 6) is -0.611. The molecule has 2 heterocycles. The van der Waals surface area contributed by atoms with Gasteiger partial charge in [-0.05, 0) is 59.7 Å². The third-order valence-corrected chi connectivity index (χ3v) is 8.08. The highest BCUT2D eigenvalue weighted by molar-refractivity contribution is 7.99. The molecule has 9 heteroatoms. The Morgan fingerprint density at radius 1 is 0.927 bits per heavy atom. The van der Waals surface area contributed by atoms with Crippen molar-refractivity contribution in [3.05, 3.63) is 125 Å². The van der Waals surface area contributed by atoms with Crippen molar-refractivity contribution in [2.75, 3.05) is 11.1 Å². The highest BCUT2D eigenvalue weighted by Gasteiger charge is 2.38. The minimum absolute atomic E-state index is 0.00881. The zero-order valence-corrected chi connectivity index (χ0v) is 23.2. The number of hydrogen-bond donors (Lipinski definition) is 3. The summed E-state index contributed by atoms with van der Waals surface area (Å²) in [7, 11) is 0. The summed E-state index contributed by atoms with van der Waals surface area (Å²) in [4.78, 5) is 28.9. The summed E-state index contributed by atoms with van der Waals surface area (Å²) < 4.78 is 13.0. The number of nitrogens with zero attached hydrogens (tertiary/aromatic N) is 1. The van der Waals surface area contributed by atoms with E-state index in [0.717, 1.165) is 21.6 Å². The van der Waals surface area contributed by atoms with Crippen molar-refractivity contribution in [2.45, 2.75) is 36.9 Å². The summed E-state index contributed by atoms with van der Waals surface area (Å²) in [5.41, 5.74) is 3.86. The largest absolute Gasteiger partial charge is 0.478 e. The second-order valence-electron chi connectivity index (χ2n) is 9.78. The third-order valence-electron chi connectivity index (χ3n) is 6.98. The summed E-state index contributed by atoms with van der Waals surface area (Å²) in [6, 6.07) is 25.3. The standard InChI is InChI=1S/C32H30N2O6S/c1-20-28(19-41-27-13-11-23(12-14-27)31(37)38)39-32(40-29(20)22-9-7-21(18-35)8-10-22)24-4-2-6-26(16-24)34-30(36)25-5-3-15-33-17-25/h2-17,20,28-29,32,35H,18-19H2,1H3,(H,34,36)(H,37,38)/t20-,28+,29+,32+/m0/s1. The molecule has 210 valence electrons. The average Bonchev–Trinajstić information content (AvgIpc) is 3.01. The molecule has 1 fully saturated rings. The predicted octanol–water partition coefficient (Wildman–Crippen LogP) is 6.11. The fourth-order valence-electron chi connectivity index (χ4n) is 4.65.